The topological polar surface area (TPSA) is 12.9 Å². The van der Waals surface area contributed by atoms with Crippen LogP contribution in [-0.2, 0) is 10.8 Å². The largest absolute Gasteiger partial charge is 0.241 e. The molecule has 0 atom stereocenters. The van der Waals surface area contributed by atoms with Gasteiger partial charge in [-0.3, -0.25) is 0 Å². The van der Waals surface area contributed by atoms with E-state index in [1.807, 2.05) is 25.2 Å². The number of aromatic nitrogens is 1. The van der Waals surface area contributed by atoms with Gasteiger partial charge in [0.15, 0.2) is 0 Å². The monoisotopic (exact) mass is 399 g/mol. The summed E-state index contributed by atoms with van der Waals surface area (Å²) in [6.45, 7) is 18.1. The molecule has 0 N–H and O–H groups in total. The van der Waals surface area contributed by atoms with Crippen molar-refractivity contribution in [2.24, 2.45) is 0 Å². The number of hydrogen-bond acceptors (Lipinski definition) is 2. The van der Waals surface area contributed by atoms with E-state index in [-0.39, 0.29) is 10.8 Å². The first-order valence-electron chi connectivity index (χ1n) is 11.4. The molecule has 0 amide bonds. The Labute approximate surface area is 178 Å². The quantitative estimate of drug-likeness (QED) is 0.472. The second-order valence-electron chi connectivity index (χ2n) is 9.37. The molecule has 0 aliphatic heterocycles. The molecule has 1 heterocycles. The maximum Gasteiger partial charge on any atom is 0.0963 e. The van der Waals surface area contributed by atoms with Crippen LogP contribution in [0.1, 0.15) is 116 Å². The van der Waals surface area contributed by atoms with Crippen LogP contribution >= 0.6 is 11.3 Å². The standard InChI is InChI=1S/C24H35NS.C2H6/c1-7-9-17(10-8-2)22-25-21(16-26-22)18-11-12-19-20(15-18)24(5,6)14-13-23(19,3)4;1-2/h11-12,15-17H,7-10,13-14H2,1-6H3;1-2H3. The molecular weight excluding hydrogens is 358 g/mol. The number of rotatable bonds is 6. The lowest BCUT2D eigenvalue weighted by atomic mass is 9.63. The highest BCUT2D eigenvalue weighted by molar-refractivity contribution is 7.10. The van der Waals surface area contributed by atoms with Gasteiger partial charge < -0.3 is 0 Å². The van der Waals surface area contributed by atoms with Crippen molar-refractivity contribution >= 4 is 11.3 Å². The number of fused-ring (bicyclic) bond motifs is 1. The van der Waals surface area contributed by atoms with Gasteiger partial charge in [-0.2, -0.15) is 0 Å². The molecule has 0 bridgehead atoms. The summed E-state index contributed by atoms with van der Waals surface area (Å²) in [4.78, 5) is 5.07. The maximum absolute atomic E-state index is 5.07. The zero-order valence-electron chi connectivity index (χ0n) is 19.5. The fourth-order valence-electron chi connectivity index (χ4n) is 4.44. The molecule has 1 nitrogen and oxygen atoms in total. The van der Waals surface area contributed by atoms with Crippen molar-refractivity contribution in [3.05, 3.63) is 39.7 Å². The predicted molar refractivity (Wildman–Crippen MR) is 127 cm³/mol. The van der Waals surface area contributed by atoms with Crippen LogP contribution < -0.4 is 0 Å². The van der Waals surface area contributed by atoms with Gasteiger partial charge in [-0.05, 0) is 53.7 Å². The summed E-state index contributed by atoms with van der Waals surface area (Å²) in [6, 6.07) is 7.11. The molecule has 0 unspecified atom stereocenters. The van der Waals surface area contributed by atoms with Crippen LogP contribution in [0.2, 0.25) is 0 Å². The minimum absolute atomic E-state index is 0.257. The average molecular weight is 400 g/mol. The third-order valence-corrected chi connectivity index (χ3v) is 7.30. The van der Waals surface area contributed by atoms with Crippen molar-refractivity contribution < 1.29 is 0 Å². The van der Waals surface area contributed by atoms with E-state index in [2.05, 4.69) is 65.1 Å². The highest BCUT2D eigenvalue weighted by Gasteiger charge is 2.37. The fraction of sp³-hybridized carbons (Fsp3) is 0.654. The molecule has 2 aromatic rings. The molecule has 28 heavy (non-hydrogen) atoms. The molecule has 2 heteroatoms. The van der Waals surface area contributed by atoms with Crippen LogP contribution in [0.3, 0.4) is 0 Å². The van der Waals surface area contributed by atoms with Gasteiger partial charge in [-0.25, -0.2) is 4.98 Å². The SMILES string of the molecule is CC.CCCC(CCC)c1nc(-c2ccc3c(c2)C(C)(C)CCC3(C)C)cs1. The normalized spacial score (nSPS) is 17.0. The summed E-state index contributed by atoms with van der Waals surface area (Å²) in [5.74, 6) is 0.636. The van der Waals surface area contributed by atoms with Crippen molar-refractivity contribution in [2.45, 2.75) is 111 Å². The van der Waals surface area contributed by atoms with Gasteiger partial charge in [0.25, 0.3) is 0 Å². The third kappa shape index (κ3) is 4.87. The van der Waals surface area contributed by atoms with Crippen molar-refractivity contribution in [3.8, 4) is 11.3 Å². The van der Waals surface area contributed by atoms with E-state index in [9.17, 15) is 0 Å². The Bertz CT molecular complexity index is 748. The minimum atomic E-state index is 0.257. The molecular formula is C26H41NS. The Kier molecular flexibility index (Phi) is 7.90. The van der Waals surface area contributed by atoms with E-state index in [0.717, 1.165) is 0 Å². The summed E-state index contributed by atoms with van der Waals surface area (Å²) < 4.78 is 0. The number of thiazole rings is 1. The summed E-state index contributed by atoms with van der Waals surface area (Å²) >= 11 is 1.86. The van der Waals surface area contributed by atoms with E-state index in [1.54, 1.807) is 0 Å². The summed E-state index contributed by atoms with van der Waals surface area (Å²) in [5, 5.41) is 3.61. The second-order valence-corrected chi connectivity index (χ2v) is 10.3. The van der Waals surface area contributed by atoms with Crippen molar-refractivity contribution in [1.82, 2.24) is 4.98 Å². The first-order valence-corrected chi connectivity index (χ1v) is 12.3. The lowest BCUT2D eigenvalue weighted by Gasteiger charge is -2.42. The maximum atomic E-state index is 5.07. The Morgan fingerprint density at radius 2 is 1.50 bits per heavy atom. The van der Waals surface area contributed by atoms with Crippen LogP contribution in [0.15, 0.2) is 23.6 Å². The Morgan fingerprint density at radius 3 is 2.07 bits per heavy atom. The molecule has 3 rings (SSSR count). The minimum Gasteiger partial charge on any atom is -0.241 e. The number of benzene rings is 1. The zero-order chi connectivity index (χ0) is 20.9. The Balaban J connectivity index is 0.00000136. The Hall–Kier alpha value is -1.15. The molecule has 0 spiro atoms. The van der Waals surface area contributed by atoms with Gasteiger partial charge in [0.05, 0.1) is 10.7 Å². The van der Waals surface area contributed by atoms with Crippen molar-refractivity contribution in [3.63, 3.8) is 0 Å². The van der Waals surface area contributed by atoms with E-state index < -0.39 is 0 Å². The van der Waals surface area contributed by atoms with Crippen LogP contribution in [0.25, 0.3) is 11.3 Å². The van der Waals surface area contributed by atoms with E-state index in [0.29, 0.717) is 5.92 Å². The second kappa shape index (κ2) is 9.57. The molecule has 1 aliphatic rings. The van der Waals surface area contributed by atoms with E-state index in [1.165, 1.54) is 65.9 Å². The molecule has 1 aliphatic carbocycles. The first kappa shape index (κ1) is 23.1. The van der Waals surface area contributed by atoms with Gasteiger partial charge in [0.2, 0.25) is 0 Å². The highest BCUT2D eigenvalue weighted by atomic mass is 32.1. The molecule has 156 valence electrons. The van der Waals surface area contributed by atoms with Crippen molar-refractivity contribution in [2.75, 3.05) is 0 Å². The fourth-order valence-corrected chi connectivity index (χ4v) is 5.44. The van der Waals surface area contributed by atoms with Gasteiger partial charge >= 0.3 is 0 Å². The molecule has 0 saturated heterocycles. The van der Waals surface area contributed by atoms with Gasteiger partial charge in [0.1, 0.15) is 0 Å². The van der Waals surface area contributed by atoms with Crippen LogP contribution in [-0.4, -0.2) is 4.98 Å². The van der Waals surface area contributed by atoms with Gasteiger partial charge in [0, 0.05) is 16.9 Å². The van der Waals surface area contributed by atoms with Crippen LogP contribution in [0.4, 0.5) is 0 Å². The summed E-state index contributed by atoms with van der Waals surface area (Å²) in [7, 11) is 0. The lowest BCUT2D eigenvalue weighted by Crippen LogP contribution is -2.33. The number of hydrogen-bond donors (Lipinski definition) is 0. The molecule has 0 saturated carbocycles. The third-order valence-electron chi connectivity index (χ3n) is 6.29. The average Bonchev–Trinajstić information content (AvgIpc) is 3.17. The van der Waals surface area contributed by atoms with E-state index in [4.69, 9.17) is 4.98 Å². The van der Waals surface area contributed by atoms with Gasteiger partial charge in [-0.15, -0.1) is 11.3 Å². The smallest absolute Gasteiger partial charge is 0.0963 e. The molecule has 1 aromatic carbocycles. The first-order chi connectivity index (χ1) is 13.3. The molecule has 0 radical (unpaired) electrons. The summed E-state index contributed by atoms with van der Waals surface area (Å²) in [6.07, 6.45) is 7.51. The molecule has 0 fully saturated rings. The van der Waals surface area contributed by atoms with Crippen LogP contribution in [0, 0.1) is 0 Å². The van der Waals surface area contributed by atoms with Crippen molar-refractivity contribution in [1.29, 1.82) is 0 Å². The number of nitrogens with zero attached hydrogens (tertiary/aromatic N) is 1. The highest BCUT2D eigenvalue weighted by Crippen LogP contribution is 2.47. The van der Waals surface area contributed by atoms with E-state index >= 15 is 0 Å². The summed E-state index contributed by atoms with van der Waals surface area (Å²) in [5.41, 5.74) is 6.06. The van der Waals surface area contributed by atoms with Crippen LogP contribution in [0.5, 0.6) is 0 Å². The Morgan fingerprint density at radius 1 is 0.929 bits per heavy atom. The zero-order valence-corrected chi connectivity index (χ0v) is 20.3. The lowest BCUT2D eigenvalue weighted by molar-refractivity contribution is 0.332. The predicted octanol–water partition coefficient (Wildman–Crippen LogP) is 8.87. The molecule has 1 aromatic heterocycles. The van der Waals surface area contributed by atoms with Gasteiger partial charge in [-0.1, -0.05) is 80.4 Å².